The molecule has 0 spiro atoms. The van der Waals surface area contributed by atoms with Crippen LogP contribution in [0.2, 0.25) is 0 Å². The van der Waals surface area contributed by atoms with Gasteiger partial charge >= 0.3 is 12.6 Å². The van der Waals surface area contributed by atoms with Crippen LogP contribution in [-0.2, 0) is 9.53 Å². The van der Waals surface area contributed by atoms with Gasteiger partial charge in [-0.05, 0) is 44.0 Å². The highest BCUT2D eigenvalue weighted by molar-refractivity contribution is 5.92. The van der Waals surface area contributed by atoms with E-state index in [-0.39, 0.29) is 23.3 Å². The van der Waals surface area contributed by atoms with Crippen LogP contribution < -0.4 is 10.1 Å². The Morgan fingerprint density at radius 3 is 2.24 bits per heavy atom. The van der Waals surface area contributed by atoms with Gasteiger partial charge in [-0.3, -0.25) is 4.79 Å². The fourth-order valence-electron chi connectivity index (χ4n) is 2.80. The summed E-state index contributed by atoms with van der Waals surface area (Å²) in [5.41, 5.74) is 0.163. The fraction of sp³-hybridized carbons (Fsp3) is 0.556. The molecule has 1 aromatic carbocycles. The van der Waals surface area contributed by atoms with E-state index in [0.29, 0.717) is 0 Å². The lowest BCUT2D eigenvalue weighted by Crippen LogP contribution is -2.41. The third-order valence-corrected chi connectivity index (χ3v) is 4.17. The zero-order valence-corrected chi connectivity index (χ0v) is 14.2. The van der Waals surface area contributed by atoms with Crippen molar-refractivity contribution in [3.05, 3.63) is 29.8 Å². The number of ether oxygens (including phenoxy) is 2. The van der Waals surface area contributed by atoms with E-state index in [1.807, 2.05) is 0 Å². The molecular formula is C18H23F2NO4. The number of nitrogens with one attached hydrogen (secondary N) is 1. The number of hydrogen-bond donors (Lipinski definition) is 1. The molecule has 0 aliphatic heterocycles. The van der Waals surface area contributed by atoms with Gasteiger partial charge in [0.25, 0.3) is 5.91 Å². The van der Waals surface area contributed by atoms with Gasteiger partial charge < -0.3 is 14.8 Å². The van der Waals surface area contributed by atoms with Crippen LogP contribution in [0.5, 0.6) is 5.75 Å². The monoisotopic (exact) mass is 355 g/mol. The van der Waals surface area contributed by atoms with E-state index in [9.17, 15) is 18.4 Å². The molecule has 25 heavy (non-hydrogen) atoms. The summed E-state index contributed by atoms with van der Waals surface area (Å²) in [4.78, 5) is 24.2. The van der Waals surface area contributed by atoms with Crippen LogP contribution >= 0.6 is 0 Å². The first-order valence-corrected chi connectivity index (χ1v) is 8.52. The number of amides is 1. The highest BCUT2D eigenvalue weighted by atomic mass is 19.3. The van der Waals surface area contributed by atoms with Crippen molar-refractivity contribution in [1.29, 1.82) is 0 Å². The quantitative estimate of drug-likeness (QED) is 0.625. The number of hydrogen-bond acceptors (Lipinski definition) is 4. The van der Waals surface area contributed by atoms with Crippen molar-refractivity contribution in [3.8, 4) is 5.75 Å². The molecule has 1 N–H and O–H groups in total. The summed E-state index contributed by atoms with van der Waals surface area (Å²) in [6.07, 6.45) is 5.51. The summed E-state index contributed by atoms with van der Waals surface area (Å²) in [5.74, 6) is -1.06. The second kappa shape index (κ2) is 9.34. The molecule has 1 atom stereocenters. The van der Waals surface area contributed by atoms with E-state index < -0.39 is 18.7 Å². The van der Waals surface area contributed by atoms with E-state index >= 15 is 0 Å². The molecule has 1 aromatic rings. The molecule has 1 aliphatic carbocycles. The molecule has 0 saturated heterocycles. The van der Waals surface area contributed by atoms with Gasteiger partial charge in [-0.15, -0.1) is 0 Å². The Kier molecular flexibility index (Phi) is 7.16. The minimum absolute atomic E-state index is 0.0503. The fourth-order valence-corrected chi connectivity index (χ4v) is 2.80. The standard InChI is InChI=1S/C18H23F2NO4/c1-12(16(22)21-14-6-4-2-3-5-7-14)24-17(23)13-8-10-15(11-9-13)25-18(19)20/h8-12,14,18H,2-7H2,1H3,(H,21,22)/t12-/m1/s1. The molecule has 1 amide bonds. The summed E-state index contributed by atoms with van der Waals surface area (Å²) in [5, 5.41) is 2.93. The smallest absolute Gasteiger partial charge is 0.387 e. The van der Waals surface area contributed by atoms with Gasteiger partial charge in [0.05, 0.1) is 5.56 Å². The van der Waals surface area contributed by atoms with Gasteiger partial charge in [0.15, 0.2) is 6.10 Å². The van der Waals surface area contributed by atoms with Crippen LogP contribution in [0.4, 0.5) is 8.78 Å². The van der Waals surface area contributed by atoms with Crippen molar-refractivity contribution in [2.45, 2.75) is 64.2 Å². The maximum atomic E-state index is 12.2. The van der Waals surface area contributed by atoms with Crippen LogP contribution in [-0.4, -0.2) is 30.6 Å². The summed E-state index contributed by atoms with van der Waals surface area (Å²) in [6.45, 7) is -1.41. The van der Waals surface area contributed by atoms with Gasteiger partial charge in [0, 0.05) is 6.04 Å². The number of carbonyl (C=O) groups excluding carboxylic acids is 2. The number of rotatable bonds is 6. The predicted molar refractivity (Wildman–Crippen MR) is 87.6 cm³/mol. The predicted octanol–water partition coefficient (Wildman–Crippen LogP) is 3.67. The van der Waals surface area contributed by atoms with Crippen LogP contribution in [0.15, 0.2) is 24.3 Å². The molecule has 1 fully saturated rings. The first-order valence-electron chi connectivity index (χ1n) is 8.52. The van der Waals surface area contributed by atoms with E-state index in [4.69, 9.17) is 4.74 Å². The zero-order chi connectivity index (χ0) is 18.2. The topological polar surface area (TPSA) is 64.6 Å². The Morgan fingerprint density at radius 1 is 1.08 bits per heavy atom. The molecule has 0 radical (unpaired) electrons. The number of alkyl halides is 2. The first-order chi connectivity index (χ1) is 12.0. The molecule has 1 saturated carbocycles. The van der Waals surface area contributed by atoms with Gasteiger partial charge in [-0.1, -0.05) is 25.7 Å². The first kappa shape index (κ1) is 19.1. The van der Waals surface area contributed by atoms with E-state index in [0.717, 1.165) is 25.7 Å². The molecule has 0 heterocycles. The number of halogens is 2. The average molecular weight is 355 g/mol. The minimum atomic E-state index is -2.93. The number of benzene rings is 1. The Bertz CT molecular complexity index is 569. The third kappa shape index (κ3) is 6.32. The highest BCUT2D eigenvalue weighted by Crippen LogP contribution is 2.18. The van der Waals surface area contributed by atoms with Crippen molar-refractivity contribution in [2.75, 3.05) is 0 Å². The number of esters is 1. The summed E-state index contributed by atoms with van der Waals surface area (Å²) >= 11 is 0. The molecule has 0 aromatic heterocycles. The van der Waals surface area contributed by atoms with E-state index in [1.54, 1.807) is 0 Å². The molecule has 138 valence electrons. The lowest BCUT2D eigenvalue weighted by molar-refractivity contribution is -0.129. The molecule has 0 unspecified atom stereocenters. The van der Waals surface area contributed by atoms with Crippen molar-refractivity contribution < 1.29 is 27.8 Å². The van der Waals surface area contributed by atoms with Gasteiger partial charge in [-0.25, -0.2) is 4.79 Å². The van der Waals surface area contributed by atoms with Crippen molar-refractivity contribution in [3.63, 3.8) is 0 Å². The molecule has 2 rings (SSSR count). The van der Waals surface area contributed by atoms with Crippen LogP contribution in [0.3, 0.4) is 0 Å². The van der Waals surface area contributed by atoms with Gasteiger partial charge in [-0.2, -0.15) is 8.78 Å². The van der Waals surface area contributed by atoms with E-state index in [1.165, 1.54) is 44.0 Å². The molecule has 5 nitrogen and oxygen atoms in total. The average Bonchev–Trinajstić information content (AvgIpc) is 2.83. The molecule has 0 bridgehead atoms. The van der Waals surface area contributed by atoms with Crippen LogP contribution in [0.1, 0.15) is 55.8 Å². The Balaban J connectivity index is 1.84. The molecule has 1 aliphatic rings. The van der Waals surface area contributed by atoms with Crippen LogP contribution in [0, 0.1) is 0 Å². The van der Waals surface area contributed by atoms with E-state index in [2.05, 4.69) is 10.1 Å². The maximum Gasteiger partial charge on any atom is 0.387 e. The summed E-state index contributed by atoms with van der Waals surface area (Å²) in [6, 6.07) is 5.26. The number of carbonyl (C=O) groups is 2. The lowest BCUT2D eigenvalue weighted by atomic mass is 10.1. The van der Waals surface area contributed by atoms with Crippen molar-refractivity contribution in [1.82, 2.24) is 5.32 Å². The normalized spacial score (nSPS) is 16.8. The molecule has 7 heteroatoms. The maximum absolute atomic E-state index is 12.2. The van der Waals surface area contributed by atoms with Gasteiger partial charge in [0.1, 0.15) is 5.75 Å². The van der Waals surface area contributed by atoms with Gasteiger partial charge in [0.2, 0.25) is 0 Å². The lowest BCUT2D eigenvalue weighted by Gasteiger charge is -2.19. The Hall–Kier alpha value is -2.18. The Labute approximate surface area is 145 Å². The third-order valence-electron chi connectivity index (χ3n) is 4.17. The van der Waals surface area contributed by atoms with Crippen molar-refractivity contribution in [2.24, 2.45) is 0 Å². The minimum Gasteiger partial charge on any atom is -0.449 e. The summed E-state index contributed by atoms with van der Waals surface area (Å²) < 4.78 is 33.6. The second-order valence-electron chi connectivity index (χ2n) is 6.15. The SMILES string of the molecule is C[C@@H](OC(=O)c1ccc(OC(F)F)cc1)C(=O)NC1CCCCCC1. The van der Waals surface area contributed by atoms with Crippen LogP contribution in [0.25, 0.3) is 0 Å². The molecular weight excluding hydrogens is 332 g/mol. The largest absolute Gasteiger partial charge is 0.449 e. The second-order valence-corrected chi connectivity index (χ2v) is 6.15. The summed E-state index contributed by atoms with van der Waals surface area (Å²) in [7, 11) is 0. The Morgan fingerprint density at radius 2 is 1.68 bits per heavy atom. The highest BCUT2D eigenvalue weighted by Gasteiger charge is 2.22. The zero-order valence-electron chi connectivity index (χ0n) is 14.2. The van der Waals surface area contributed by atoms with Crippen molar-refractivity contribution >= 4 is 11.9 Å².